The van der Waals surface area contributed by atoms with Gasteiger partial charge in [-0.15, -0.1) is 0 Å². The zero-order chi connectivity index (χ0) is 23.1. The van der Waals surface area contributed by atoms with Crippen molar-refractivity contribution in [2.24, 2.45) is 5.92 Å². The molecule has 1 N–H and O–H groups in total. The smallest absolute Gasteiger partial charge is 0.272 e. The summed E-state index contributed by atoms with van der Waals surface area (Å²) >= 11 is 0. The van der Waals surface area contributed by atoms with E-state index in [9.17, 15) is 4.79 Å². The minimum absolute atomic E-state index is 0.0571. The van der Waals surface area contributed by atoms with Gasteiger partial charge < -0.3 is 14.8 Å². The second-order valence-corrected chi connectivity index (χ2v) is 10.00. The van der Waals surface area contributed by atoms with Gasteiger partial charge in [-0.2, -0.15) is 5.10 Å². The molecule has 1 saturated carbocycles. The third-order valence-corrected chi connectivity index (χ3v) is 7.53. The first-order valence-electron chi connectivity index (χ1n) is 12.4. The summed E-state index contributed by atoms with van der Waals surface area (Å²) in [5.41, 5.74) is 2.88. The SMILES string of the molecule is COc1ccc(CN2C3COCC2CC(NC(=O)c2nn(CC4CC4)c4ccccc24)C3)cc1. The number of carbonyl (C=O) groups excluding carboxylic acids is 1. The number of piperidine rings is 1. The third kappa shape index (κ3) is 4.30. The van der Waals surface area contributed by atoms with Gasteiger partial charge in [-0.3, -0.25) is 14.4 Å². The number of hydrogen-bond donors (Lipinski definition) is 1. The van der Waals surface area contributed by atoms with Gasteiger partial charge in [0.05, 0.1) is 25.8 Å². The zero-order valence-electron chi connectivity index (χ0n) is 19.7. The number of para-hydroxylation sites is 1. The summed E-state index contributed by atoms with van der Waals surface area (Å²) in [7, 11) is 1.69. The van der Waals surface area contributed by atoms with Crippen molar-refractivity contribution in [3.63, 3.8) is 0 Å². The fraction of sp³-hybridized carbons (Fsp3) is 0.481. The number of aromatic nitrogens is 2. The van der Waals surface area contributed by atoms with Gasteiger partial charge in [-0.25, -0.2) is 0 Å². The number of nitrogens with one attached hydrogen (secondary N) is 1. The monoisotopic (exact) mass is 460 g/mol. The number of benzene rings is 2. The van der Waals surface area contributed by atoms with E-state index in [2.05, 4.69) is 28.4 Å². The Kier molecular flexibility index (Phi) is 5.75. The molecule has 2 aromatic carbocycles. The lowest BCUT2D eigenvalue weighted by molar-refractivity contribution is -0.0843. The maximum atomic E-state index is 13.4. The van der Waals surface area contributed by atoms with Crippen molar-refractivity contribution in [2.45, 2.75) is 56.9 Å². The molecule has 1 aromatic heterocycles. The van der Waals surface area contributed by atoms with Crippen LogP contribution < -0.4 is 10.1 Å². The molecule has 2 saturated heterocycles. The van der Waals surface area contributed by atoms with E-state index in [1.807, 2.05) is 35.0 Å². The molecule has 6 rings (SSSR count). The van der Waals surface area contributed by atoms with Crippen molar-refractivity contribution in [2.75, 3.05) is 20.3 Å². The summed E-state index contributed by atoms with van der Waals surface area (Å²) in [4.78, 5) is 15.9. The molecule has 0 radical (unpaired) electrons. The summed E-state index contributed by atoms with van der Waals surface area (Å²) in [6.07, 6.45) is 4.30. The Hall–Kier alpha value is -2.90. The second-order valence-electron chi connectivity index (χ2n) is 10.00. The molecule has 2 atom stereocenters. The summed E-state index contributed by atoms with van der Waals surface area (Å²) in [6.45, 7) is 3.20. The van der Waals surface area contributed by atoms with Crippen LogP contribution in [0.4, 0.5) is 0 Å². The first kappa shape index (κ1) is 21.6. The Bertz CT molecular complexity index is 1160. The molecule has 1 amide bonds. The van der Waals surface area contributed by atoms with Gasteiger partial charge in [0.1, 0.15) is 5.75 Å². The normalized spacial score (nSPS) is 24.8. The van der Waals surface area contributed by atoms with E-state index in [4.69, 9.17) is 14.6 Å². The molecule has 1 aliphatic carbocycles. The maximum absolute atomic E-state index is 13.4. The molecule has 3 heterocycles. The Morgan fingerprint density at radius 1 is 1.09 bits per heavy atom. The van der Waals surface area contributed by atoms with Gasteiger partial charge >= 0.3 is 0 Å². The third-order valence-electron chi connectivity index (χ3n) is 7.53. The average molecular weight is 461 g/mol. The van der Waals surface area contributed by atoms with Gasteiger partial charge in [0.15, 0.2) is 5.69 Å². The highest BCUT2D eigenvalue weighted by atomic mass is 16.5. The standard InChI is InChI=1S/C27H32N4O3/c1-33-23-10-8-18(9-11-23)14-30-21-12-20(13-22(30)17-34-16-21)28-27(32)26-24-4-2-3-5-25(24)31(29-26)15-19-6-7-19/h2-5,8-11,19-22H,6-7,12-17H2,1H3,(H,28,32). The predicted octanol–water partition coefficient (Wildman–Crippen LogP) is 3.62. The molecule has 0 spiro atoms. The minimum atomic E-state index is -0.0571. The second kappa shape index (κ2) is 9.04. The molecule has 34 heavy (non-hydrogen) atoms. The van der Waals surface area contributed by atoms with E-state index in [0.717, 1.165) is 42.6 Å². The number of carbonyl (C=O) groups is 1. The van der Waals surface area contributed by atoms with Crippen LogP contribution in [-0.2, 0) is 17.8 Å². The van der Waals surface area contributed by atoms with Crippen LogP contribution in [0.1, 0.15) is 41.7 Å². The number of ether oxygens (including phenoxy) is 2. The Labute approximate surface area is 200 Å². The molecule has 3 aliphatic rings. The van der Waals surface area contributed by atoms with Crippen LogP contribution in [0.15, 0.2) is 48.5 Å². The first-order chi connectivity index (χ1) is 16.7. The van der Waals surface area contributed by atoms with E-state index < -0.39 is 0 Å². The van der Waals surface area contributed by atoms with E-state index in [-0.39, 0.29) is 11.9 Å². The number of nitrogens with zero attached hydrogens (tertiary/aromatic N) is 3. The van der Waals surface area contributed by atoms with Crippen LogP contribution in [-0.4, -0.2) is 59.0 Å². The highest BCUT2D eigenvalue weighted by molar-refractivity contribution is 6.05. The van der Waals surface area contributed by atoms with Crippen LogP contribution in [0.25, 0.3) is 10.9 Å². The van der Waals surface area contributed by atoms with E-state index in [1.54, 1.807) is 7.11 Å². The van der Waals surface area contributed by atoms with Crippen molar-refractivity contribution in [3.05, 3.63) is 59.8 Å². The summed E-state index contributed by atoms with van der Waals surface area (Å²) in [5, 5.41) is 9.02. The lowest BCUT2D eigenvalue weighted by Gasteiger charge is -2.48. The molecule has 2 bridgehead atoms. The Morgan fingerprint density at radius 2 is 1.82 bits per heavy atom. The molecular weight excluding hydrogens is 428 g/mol. The summed E-state index contributed by atoms with van der Waals surface area (Å²) in [5.74, 6) is 1.52. The van der Waals surface area contributed by atoms with Gasteiger partial charge in [0, 0.05) is 36.6 Å². The number of amides is 1. The lowest BCUT2D eigenvalue weighted by atomic mass is 9.89. The number of fused-ring (bicyclic) bond motifs is 3. The first-order valence-corrected chi connectivity index (χ1v) is 12.4. The Balaban J connectivity index is 1.15. The molecule has 2 unspecified atom stereocenters. The minimum Gasteiger partial charge on any atom is -0.497 e. The van der Waals surface area contributed by atoms with Crippen LogP contribution in [0, 0.1) is 5.92 Å². The molecule has 2 aliphatic heterocycles. The summed E-state index contributed by atoms with van der Waals surface area (Å²) in [6, 6.07) is 17.1. The van der Waals surface area contributed by atoms with Crippen LogP contribution in [0.3, 0.4) is 0 Å². The van der Waals surface area contributed by atoms with E-state index in [0.29, 0.717) is 36.9 Å². The number of hydrogen-bond acceptors (Lipinski definition) is 5. The molecule has 3 fully saturated rings. The highest BCUT2D eigenvalue weighted by Crippen LogP contribution is 2.33. The van der Waals surface area contributed by atoms with E-state index in [1.165, 1.54) is 18.4 Å². The highest BCUT2D eigenvalue weighted by Gasteiger charge is 2.39. The number of methoxy groups -OCH3 is 1. The average Bonchev–Trinajstić information content (AvgIpc) is 3.59. The molecule has 178 valence electrons. The number of morpholine rings is 1. The molecule has 3 aromatic rings. The predicted molar refractivity (Wildman–Crippen MR) is 130 cm³/mol. The van der Waals surface area contributed by atoms with Crippen LogP contribution in [0.5, 0.6) is 5.75 Å². The summed E-state index contributed by atoms with van der Waals surface area (Å²) < 4.78 is 13.2. The topological polar surface area (TPSA) is 68.6 Å². The van der Waals surface area contributed by atoms with Gasteiger partial charge in [0.25, 0.3) is 5.91 Å². The van der Waals surface area contributed by atoms with E-state index >= 15 is 0 Å². The largest absolute Gasteiger partial charge is 0.497 e. The van der Waals surface area contributed by atoms with Crippen molar-refractivity contribution in [1.29, 1.82) is 0 Å². The zero-order valence-corrected chi connectivity index (χ0v) is 19.7. The van der Waals surface area contributed by atoms with Crippen molar-refractivity contribution in [1.82, 2.24) is 20.0 Å². The maximum Gasteiger partial charge on any atom is 0.272 e. The van der Waals surface area contributed by atoms with Gasteiger partial charge in [0.2, 0.25) is 0 Å². The fourth-order valence-corrected chi connectivity index (χ4v) is 5.54. The van der Waals surface area contributed by atoms with Crippen molar-refractivity contribution < 1.29 is 14.3 Å². The van der Waals surface area contributed by atoms with Crippen molar-refractivity contribution in [3.8, 4) is 5.75 Å². The lowest BCUT2D eigenvalue weighted by Crippen LogP contribution is -2.60. The number of rotatable bonds is 7. The molecule has 7 heteroatoms. The van der Waals surface area contributed by atoms with Crippen molar-refractivity contribution >= 4 is 16.8 Å². The van der Waals surface area contributed by atoms with Crippen LogP contribution in [0.2, 0.25) is 0 Å². The molecular formula is C27H32N4O3. The molecule has 7 nitrogen and oxygen atoms in total. The Morgan fingerprint density at radius 3 is 2.53 bits per heavy atom. The van der Waals surface area contributed by atoms with Crippen LogP contribution >= 0.6 is 0 Å². The van der Waals surface area contributed by atoms with Gasteiger partial charge in [-0.05, 0) is 55.4 Å². The quantitative estimate of drug-likeness (QED) is 0.583. The fourth-order valence-electron chi connectivity index (χ4n) is 5.54. The van der Waals surface area contributed by atoms with Gasteiger partial charge in [-0.1, -0.05) is 30.3 Å².